The fourth-order valence-electron chi connectivity index (χ4n) is 3.53. The Balaban J connectivity index is 1.51. The quantitative estimate of drug-likeness (QED) is 0.792. The summed E-state index contributed by atoms with van der Waals surface area (Å²) < 4.78 is 11.7. The maximum Gasteiger partial charge on any atom is 0.131 e. The summed E-state index contributed by atoms with van der Waals surface area (Å²) in [5, 5.41) is 0. The summed E-state index contributed by atoms with van der Waals surface area (Å²) in [5.74, 6) is 1.27. The van der Waals surface area contributed by atoms with Crippen LogP contribution in [0.25, 0.3) is 0 Å². The van der Waals surface area contributed by atoms with Crippen LogP contribution in [-0.4, -0.2) is 62.7 Å². The maximum absolute atomic E-state index is 11.1. The average Bonchev–Trinajstić information content (AvgIpc) is 2.63. The molecule has 2 aliphatic rings. The predicted molar refractivity (Wildman–Crippen MR) is 99.6 cm³/mol. The Morgan fingerprint density at radius 3 is 2.56 bits per heavy atom. The molecule has 0 spiro atoms. The summed E-state index contributed by atoms with van der Waals surface area (Å²) in [4.78, 5) is 15.8. The smallest absolute Gasteiger partial charge is 0.131 e. The van der Waals surface area contributed by atoms with Gasteiger partial charge in [-0.15, -0.1) is 0 Å². The van der Waals surface area contributed by atoms with Crippen molar-refractivity contribution in [2.75, 3.05) is 50.8 Å². The van der Waals surface area contributed by atoms with E-state index in [0.29, 0.717) is 6.42 Å². The monoisotopic (exact) mass is 346 g/mol. The van der Waals surface area contributed by atoms with Gasteiger partial charge >= 0.3 is 0 Å². The second kappa shape index (κ2) is 8.68. The lowest BCUT2D eigenvalue weighted by atomic mass is 10.1. The number of carbonyl (C=O) groups is 1. The molecule has 0 aliphatic carbocycles. The number of ketones is 1. The minimum absolute atomic E-state index is 0.273. The van der Waals surface area contributed by atoms with Crippen molar-refractivity contribution in [1.29, 1.82) is 0 Å². The molecule has 3 rings (SSSR count). The van der Waals surface area contributed by atoms with Crippen molar-refractivity contribution in [1.82, 2.24) is 4.90 Å². The SMILES string of the molecule is CC(=O)CCN1CCC(Oc2ccc(N3CCOCC3)cc2C)CC1. The molecule has 0 unspecified atom stereocenters. The van der Waals surface area contributed by atoms with Gasteiger partial charge in [-0.1, -0.05) is 0 Å². The van der Waals surface area contributed by atoms with E-state index in [0.717, 1.165) is 64.5 Å². The van der Waals surface area contributed by atoms with E-state index in [-0.39, 0.29) is 11.9 Å². The van der Waals surface area contributed by atoms with Crippen LogP contribution in [0.2, 0.25) is 0 Å². The molecule has 2 saturated heterocycles. The van der Waals surface area contributed by atoms with Gasteiger partial charge in [-0.3, -0.25) is 4.79 Å². The first-order chi connectivity index (χ1) is 12.1. The number of anilines is 1. The van der Waals surface area contributed by atoms with Crippen LogP contribution in [0.15, 0.2) is 18.2 Å². The molecule has 0 saturated carbocycles. The third kappa shape index (κ3) is 5.19. The second-order valence-corrected chi connectivity index (χ2v) is 7.16. The van der Waals surface area contributed by atoms with Gasteiger partial charge in [0.1, 0.15) is 17.6 Å². The van der Waals surface area contributed by atoms with Gasteiger partial charge in [-0.2, -0.15) is 0 Å². The van der Waals surface area contributed by atoms with E-state index >= 15 is 0 Å². The van der Waals surface area contributed by atoms with Gasteiger partial charge in [0.15, 0.2) is 0 Å². The minimum atomic E-state index is 0.273. The minimum Gasteiger partial charge on any atom is -0.490 e. The molecule has 1 aromatic rings. The highest BCUT2D eigenvalue weighted by Crippen LogP contribution is 2.27. The van der Waals surface area contributed by atoms with Crippen molar-refractivity contribution in [3.05, 3.63) is 23.8 Å². The average molecular weight is 346 g/mol. The number of carbonyl (C=O) groups excluding carboxylic acids is 1. The number of aryl methyl sites for hydroxylation is 1. The molecule has 0 radical (unpaired) electrons. The summed E-state index contributed by atoms with van der Waals surface area (Å²) in [5.41, 5.74) is 2.45. The summed E-state index contributed by atoms with van der Waals surface area (Å²) in [6.07, 6.45) is 3.00. The van der Waals surface area contributed by atoms with E-state index in [1.165, 1.54) is 11.3 Å². The molecular formula is C20H30N2O3. The molecule has 138 valence electrons. The van der Waals surface area contributed by atoms with Crippen molar-refractivity contribution in [3.8, 4) is 5.75 Å². The highest BCUT2D eigenvalue weighted by Gasteiger charge is 2.21. The zero-order chi connectivity index (χ0) is 17.6. The fraction of sp³-hybridized carbons (Fsp3) is 0.650. The Morgan fingerprint density at radius 1 is 1.20 bits per heavy atom. The predicted octanol–water partition coefficient (Wildman–Crippen LogP) is 2.65. The van der Waals surface area contributed by atoms with Crippen LogP contribution in [0.4, 0.5) is 5.69 Å². The van der Waals surface area contributed by atoms with E-state index in [1.54, 1.807) is 6.92 Å². The molecule has 25 heavy (non-hydrogen) atoms. The fourth-order valence-corrected chi connectivity index (χ4v) is 3.53. The van der Waals surface area contributed by atoms with Gasteiger partial charge in [-0.25, -0.2) is 0 Å². The molecule has 0 aromatic heterocycles. The number of rotatable bonds is 6. The first-order valence-electron chi connectivity index (χ1n) is 9.43. The lowest BCUT2D eigenvalue weighted by Crippen LogP contribution is -2.39. The van der Waals surface area contributed by atoms with E-state index in [1.807, 2.05) is 0 Å². The number of hydrogen-bond acceptors (Lipinski definition) is 5. The summed E-state index contributed by atoms with van der Waals surface area (Å²) >= 11 is 0. The number of nitrogens with zero attached hydrogens (tertiary/aromatic N) is 2. The van der Waals surface area contributed by atoms with Gasteiger partial charge < -0.3 is 19.3 Å². The van der Waals surface area contributed by atoms with Crippen molar-refractivity contribution in [2.45, 2.75) is 39.2 Å². The van der Waals surface area contributed by atoms with Crippen molar-refractivity contribution < 1.29 is 14.3 Å². The Labute approximate surface area is 150 Å². The molecule has 2 heterocycles. The second-order valence-electron chi connectivity index (χ2n) is 7.16. The summed E-state index contributed by atoms with van der Waals surface area (Å²) in [7, 11) is 0. The Bertz CT molecular complexity index is 576. The third-order valence-corrected chi connectivity index (χ3v) is 5.14. The largest absolute Gasteiger partial charge is 0.490 e. The normalized spacial score (nSPS) is 19.8. The van der Waals surface area contributed by atoms with Crippen LogP contribution < -0.4 is 9.64 Å². The van der Waals surface area contributed by atoms with Crippen LogP contribution in [0.5, 0.6) is 5.75 Å². The lowest BCUT2D eigenvalue weighted by molar-refractivity contribution is -0.117. The first kappa shape index (κ1) is 18.2. The third-order valence-electron chi connectivity index (χ3n) is 5.14. The molecule has 2 aliphatic heterocycles. The highest BCUT2D eigenvalue weighted by molar-refractivity contribution is 5.75. The highest BCUT2D eigenvalue weighted by atomic mass is 16.5. The summed E-state index contributed by atoms with van der Waals surface area (Å²) in [6, 6.07) is 6.50. The number of piperidine rings is 1. The molecular weight excluding hydrogens is 316 g/mol. The molecule has 0 amide bonds. The Hall–Kier alpha value is -1.59. The van der Waals surface area contributed by atoms with Crippen molar-refractivity contribution in [3.63, 3.8) is 0 Å². The Morgan fingerprint density at radius 2 is 1.92 bits per heavy atom. The number of morpholine rings is 1. The van der Waals surface area contributed by atoms with Crippen LogP contribution in [0.3, 0.4) is 0 Å². The number of ether oxygens (including phenoxy) is 2. The number of Topliss-reactive ketones (excluding diaryl/α,β-unsaturated/α-hetero) is 1. The topological polar surface area (TPSA) is 42.0 Å². The number of hydrogen-bond donors (Lipinski definition) is 0. The first-order valence-corrected chi connectivity index (χ1v) is 9.43. The number of benzene rings is 1. The van der Waals surface area contributed by atoms with E-state index in [4.69, 9.17) is 9.47 Å². The van der Waals surface area contributed by atoms with Crippen molar-refractivity contribution in [2.24, 2.45) is 0 Å². The standard InChI is InChI=1S/C20H30N2O3/c1-16-15-18(22-11-13-24-14-12-22)3-4-20(16)25-19-6-9-21(10-7-19)8-5-17(2)23/h3-4,15,19H,5-14H2,1-2H3. The maximum atomic E-state index is 11.1. The van der Waals surface area contributed by atoms with Crippen LogP contribution in [-0.2, 0) is 9.53 Å². The molecule has 0 atom stereocenters. The van der Waals surface area contributed by atoms with E-state index in [9.17, 15) is 4.79 Å². The molecule has 1 aromatic carbocycles. The molecule has 0 N–H and O–H groups in total. The van der Waals surface area contributed by atoms with Crippen molar-refractivity contribution >= 4 is 11.5 Å². The van der Waals surface area contributed by atoms with Crippen LogP contribution >= 0.6 is 0 Å². The summed E-state index contributed by atoms with van der Waals surface area (Å²) in [6.45, 7) is 10.2. The molecule has 2 fully saturated rings. The van der Waals surface area contributed by atoms with Gasteiger partial charge in [0.25, 0.3) is 0 Å². The van der Waals surface area contributed by atoms with Gasteiger partial charge in [0, 0.05) is 44.8 Å². The Kier molecular flexibility index (Phi) is 6.32. The molecule has 5 nitrogen and oxygen atoms in total. The van der Waals surface area contributed by atoms with Gasteiger partial charge in [0.05, 0.1) is 13.2 Å². The lowest BCUT2D eigenvalue weighted by Gasteiger charge is -2.32. The zero-order valence-corrected chi connectivity index (χ0v) is 15.5. The van der Waals surface area contributed by atoms with Crippen LogP contribution in [0, 0.1) is 6.92 Å². The van der Waals surface area contributed by atoms with E-state index in [2.05, 4.69) is 34.9 Å². The molecule has 0 bridgehead atoms. The zero-order valence-electron chi connectivity index (χ0n) is 15.5. The van der Waals surface area contributed by atoms with Gasteiger partial charge in [-0.05, 0) is 50.5 Å². The van der Waals surface area contributed by atoms with E-state index < -0.39 is 0 Å². The van der Waals surface area contributed by atoms with Crippen LogP contribution in [0.1, 0.15) is 31.7 Å². The van der Waals surface area contributed by atoms with Gasteiger partial charge in [0.2, 0.25) is 0 Å². The number of likely N-dealkylation sites (tertiary alicyclic amines) is 1. The molecule has 5 heteroatoms.